The van der Waals surface area contributed by atoms with Crippen LogP contribution in [0.3, 0.4) is 0 Å². The van der Waals surface area contributed by atoms with E-state index in [1.54, 1.807) is 12.4 Å². The number of rotatable bonds is 6. The molecule has 7 aromatic rings. The molecule has 0 radical (unpaired) electrons. The normalized spacial score (nSPS) is 11.0. The first-order valence-corrected chi connectivity index (χ1v) is 13.1. The van der Waals surface area contributed by atoms with Gasteiger partial charge in [0.25, 0.3) is 0 Å². The molecule has 0 saturated carbocycles. The van der Waals surface area contributed by atoms with Gasteiger partial charge in [-0.2, -0.15) is 0 Å². The summed E-state index contributed by atoms with van der Waals surface area (Å²) in [7, 11) is 0. The predicted molar refractivity (Wildman–Crippen MR) is 159 cm³/mol. The third-order valence-electron chi connectivity index (χ3n) is 6.94. The second kappa shape index (κ2) is 10.4. The molecule has 0 bridgehead atoms. The standard InChI is InChI=1S/C36H24N2O2/c1-3-7-25(8-4-1)27-11-15-29(16-12-27)33-23-37-35(39-33)31-19-21-32(22-20-31)36-38-24-34(40-36)30-17-13-28(14-18-30)26-9-5-2-6-10-26/h1-24H. The third kappa shape index (κ3) is 4.74. The Morgan fingerprint density at radius 1 is 0.300 bits per heavy atom. The van der Waals surface area contributed by atoms with Crippen molar-refractivity contribution in [2.45, 2.75) is 0 Å². The molecule has 0 aliphatic rings. The Balaban J connectivity index is 1.06. The summed E-state index contributed by atoms with van der Waals surface area (Å²) in [6.45, 7) is 0. The molecular weight excluding hydrogens is 492 g/mol. The summed E-state index contributed by atoms with van der Waals surface area (Å²) in [6.07, 6.45) is 3.54. The van der Waals surface area contributed by atoms with Crippen molar-refractivity contribution < 1.29 is 8.83 Å². The van der Waals surface area contributed by atoms with Gasteiger partial charge in [0.05, 0.1) is 12.4 Å². The molecule has 0 aliphatic carbocycles. The summed E-state index contributed by atoms with van der Waals surface area (Å²) < 4.78 is 12.2. The van der Waals surface area contributed by atoms with Crippen molar-refractivity contribution in [3.63, 3.8) is 0 Å². The van der Waals surface area contributed by atoms with E-state index in [1.807, 2.05) is 60.7 Å². The fraction of sp³-hybridized carbons (Fsp3) is 0. The Labute approximate surface area is 232 Å². The van der Waals surface area contributed by atoms with Crippen LogP contribution >= 0.6 is 0 Å². The van der Waals surface area contributed by atoms with Crippen LogP contribution in [0.2, 0.25) is 0 Å². The Bertz CT molecular complexity index is 1710. The number of hydrogen-bond acceptors (Lipinski definition) is 4. The molecule has 40 heavy (non-hydrogen) atoms. The lowest BCUT2D eigenvalue weighted by Crippen LogP contribution is -1.80. The fourth-order valence-corrected chi connectivity index (χ4v) is 4.75. The Kier molecular flexibility index (Phi) is 6.11. The van der Waals surface area contributed by atoms with Crippen molar-refractivity contribution in [3.8, 4) is 67.8 Å². The Morgan fingerprint density at radius 3 is 0.975 bits per heavy atom. The lowest BCUT2D eigenvalue weighted by molar-refractivity contribution is 0.587. The van der Waals surface area contributed by atoms with Crippen LogP contribution in [0.1, 0.15) is 0 Å². The van der Waals surface area contributed by atoms with Crippen molar-refractivity contribution in [2.24, 2.45) is 0 Å². The summed E-state index contributed by atoms with van der Waals surface area (Å²) >= 11 is 0. The van der Waals surface area contributed by atoms with Gasteiger partial charge in [-0.05, 0) is 46.5 Å². The summed E-state index contributed by atoms with van der Waals surface area (Å²) in [6, 6.07) is 45.2. The van der Waals surface area contributed by atoms with Gasteiger partial charge >= 0.3 is 0 Å². The van der Waals surface area contributed by atoms with Crippen molar-refractivity contribution in [1.82, 2.24) is 9.97 Å². The monoisotopic (exact) mass is 516 g/mol. The van der Waals surface area contributed by atoms with E-state index >= 15 is 0 Å². The largest absolute Gasteiger partial charge is 0.436 e. The second-order valence-corrected chi connectivity index (χ2v) is 9.52. The van der Waals surface area contributed by atoms with Crippen LogP contribution in [0.4, 0.5) is 0 Å². The third-order valence-corrected chi connectivity index (χ3v) is 6.94. The highest BCUT2D eigenvalue weighted by Gasteiger charge is 2.12. The highest BCUT2D eigenvalue weighted by atomic mass is 16.4. The molecular formula is C36H24N2O2. The zero-order valence-corrected chi connectivity index (χ0v) is 21.6. The van der Waals surface area contributed by atoms with E-state index in [4.69, 9.17) is 8.83 Å². The topological polar surface area (TPSA) is 52.1 Å². The van der Waals surface area contributed by atoms with E-state index < -0.39 is 0 Å². The summed E-state index contributed by atoms with van der Waals surface area (Å²) in [5.74, 6) is 2.60. The van der Waals surface area contributed by atoms with Gasteiger partial charge in [-0.1, -0.05) is 109 Å². The second-order valence-electron chi connectivity index (χ2n) is 9.52. The summed E-state index contributed by atoms with van der Waals surface area (Å²) in [4.78, 5) is 9.03. The maximum absolute atomic E-state index is 6.10. The van der Waals surface area contributed by atoms with Crippen molar-refractivity contribution in [2.75, 3.05) is 0 Å². The maximum atomic E-state index is 6.10. The molecule has 0 saturated heterocycles. The molecule has 5 aromatic carbocycles. The van der Waals surface area contributed by atoms with Gasteiger partial charge in [-0.3, -0.25) is 0 Å². The molecule has 0 spiro atoms. The lowest BCUT2D eigenvalue weighted by atomic mass is 10.0. The molecule has 7 rings (SSSR count). The minimum absolute atomic E-state index is 0.570. The zero-order valence-electron chi connectivity index (χ0n) is 21.6. The van der Waals surface area contributed by atoms with Gasteiger partial charge in [-0.25, -0.2) is 9.97 Å². The molecule has 0 aliphatic heterocycles. The molecule has 190 valence electrons. The number of aromatic nitrogens is 2. The minimum Gasteiger partial charge on any atom is -0.436 e. The van der Waals surface area contributed by atoms with Gasteiger partial charge in [0.2, 0.25) is 11.8 Å². The van der Waals surface area contributed by atoms with Crippen molar-refractivity contribution >= 4 is 0 Å². The molecule has 0 fully saturated rings. The van der Waals surface area contributed by atoms with E-state index in [2.05, 4.69) is 82.8 Å². The van der Waals surface area contributed by atoms with Crippen LogP contribution in [-0.2, 0) is 0 Å². The zero-order chi connectivity index (χ0) is 26.7. The smallest absolute Gasteiger partial charge is 0.226 e. The quantitative estimate of drug-likeness (QED) is 0.221. The van der Waals surface area contributed by atoms with Crippen molar-refractivity contribution in [1.29, 1.82) is 0 Å². The molecule has 0 unspecified atom stereocenters. The van der Waals surface area contributed by atoms with Crippen molar-refractivity contribution in [3.05, 3.63) is 146 Å². The average molecular weight is 517 g/mol. The first-order chi connectivity index (χ1) is 19.8. The first-order valence-electron chi connectivity index (χ1n) is 13.1. The highest BCUT2D eigenvalue weighted by molar-refractivity contribution is 5.71. The Hall–Kier alpha value is -5.48. The minimum atomic E-state index is 0.570. The average Bonchev–Trinajstić information content (AvgIpc) is 3.74. The van der Waals surface area contributed by atoms with E-state index in [9.17, 15) is 0 Å². The first kappa shape index (κ1) is 23.6. The molecule has 0 amide bonds. The maximum Gasteiger partial charge on any atom is 0.226 e. The van der Waals surface area contributed by atoms with E-state index in [-0.39, 0.29) is 0 Å². The highest BCUT2D eigenvalue weighted by Crippen LogP contribution is 2.31. The number of oxazole rings is 2. The van der Waals surface area contributed by atoms with Gasteiger partial charge < -0.3 is 8.83 Å². The van der Waals surface area contributed by atoms with E-state index in [1.165, 1.54) is 22.3 Å². The SMILES string of the molecule is c1ccc(-c2ccc(-c3cnc(-c4ccc(-c5ncc(-c6ccc(-c7ccccc7)cc6)o5)cc4)o3)cc2)cc1. The summed E-state index contributed by atoms with van der Waals surface area (Å²) in [5.41, 5.74) is 8.45. The molecule has 4 heteroatoms. The number of benzene rings is 5. The van der Waals surface area contributed by atoms with Crippen LogP contribution in [0.15, 0.2) is 155 Å². The molecule has 0 atom stereocenters. The van der Waals surface area contributed by atoms with E-state index in [0.717, 1.165) is 33.8 Å². The van der Waals surface area contributed by atoms with Gasteiger partial charge in [0.1, 0.15) is 0 Å². The van der Waals surface area contributed by atoms with Crippen LogP contribution in [0.5, 0.6) is 0 Å². The Morgan fingerprint density at radius 2 is 0.600 bits per heavy atom. The lowest BCUT2D eigenvalue weighted by Gasteiger charge is -2.03. The number of hydrogen-bond donors (Lipinski definition) is 0. The van der Waals surface area contributed by atoms with Crippen LogP contribution in [0.25, 0.3) is 67.8 Å². The molecule has 0 N–H and O–H groups in total. The molecule has 2 aromatic heterocycles. The summed E-state index contributed by atoms with van der Waals surface area (Å²) in [5, 5.41) is 0. The van der Waals surface area contributed by atoms with E-state index in [0.29, 0.717) is 11.8 Å². The van der Waals surface area contributed by atoms with Gasteiger partial charge in [0.15, 0.2) is 11.5 Å². The van der Waals surface area contributed by atoms with Crippen LogP contribution < -0.4 is 0 Å². The molecule has 2 heterocycles. The predicted octanol–water partition coefficient (Wildman–Crippen LogP) is 9.66. The fourth-order valence-electron chi connectivity index (χ4n) is 4.75. The molecule has 4 nitrogen and oxygen atoms in total. The van der Waals surface area contributed by atoms with Gasteiger partial charge in [0, 0.05) is 22.3 Å². The van der Waals surface area contributed by atoms with Gasteiger partial charge in [-0.15, -0.1) is 0 Å². The van der Waals surface area contributed by atoms with Crippen LogP contribution in [-0.4, -0.2) is 9.97 Å². The number of nitrogens with zero attached hydrogens (tertiary/aromatic N) is 2. The van der Waals surface area contributed by atoms with Crippen LogP contribution in [0, 0.1) is 0 Å².